The van der Waals surface area contributed by atoms with Crippen molar-refractivity contribution in [3.05, 3.63) is 65.2 Å². The van der Waals surface area contributed by atoms with Gasteiger partial charge in [-0.1, -0.05) is 43.3 Å². The molecule has 0 aliphatic rings. The second-order valence-electron chi connectivity index (χ2n) is 11.6. The van der Waals surface area contributed by atoms with Gasteiger partial charge in [-0.2, -0.15) is 0 Å². The smallest absolute Gasteiger partial charge is 0.408 e. The zero-order chi connectivity index (χ0) is 29.4. The molecule has 39 heavy (non-hydrogen) atoms. The molecule has 0 bridgehead atoms. The van der Waals surface area contributed by atoms with Gasteiger partial charge in [0.2, 0.25) is 11.8 Å². The van der Waals surface area contributed by atoms with Crippen molar-refractivity contribution in [2.24, 2.45) is 0 Å². The molecule has 0 aliphatic heterocycles. The average molecular weight is 542 g/mol. The van der Waals surface area contributed by atoms with E-state index in [4.69, 9.17) is 4.74 Å². The molecule has 9 nitrogen and oxygen atoms in total. The number of phenols is 1. The second kappa shape index (κ2) is 13.5. The van der Waals surface area contributed by atoms with Gasteiger partial charge >= 0.3 is 6.09 Å². The molecule has 214 valence electrons. The van der Waals surface area contributed by atoms with Crippen LogP contribution in [0.1, 0.15) is 71.2 Å². The van der Waals surface area contributed by atoms with Crippen molar-refractivity contribution in [3.63, 3.8) is 0 Å². The van der Waals surface area contributed by atoms with Crippen molar-refractivity contribution >= 4 is 17.9 Å². The predicted octanol–water partition coefficient (Wildman–Crippen LogP) is 3.87. The molecule has 2 atom stereocenters. The molecular formula is C30H43N3O6. The van der Waals surface area contributed by atoms with Crippen LogP contribution in [0.3, 0.4) is 0 Å². The van der Waals surface area contributed by atoms with Crippen LogP contribution in [-0.4, -0.2) is 63.4 Å². The molecule has 9 heteroatoms. The first-order valence-corrected chi connectivity index (χ1v) is 13.2. The lowest BCUT2D eigenvalue weighted by molar-refractivity contribution is -0.143. The number of hydrogen-bond donors (Lipinski definition) is 4. The monoisotopic (exact) mass is 541 g/mol. The van der Waals surface area contributed by atoms with Gasteiger partial charge in [-0.15, -0.1) is 0 Å². The number of nitrogens with one attached hydrogen (secondary N) is 2. The third kappa shape index (κ3) is 10.2. The highest BCUT2D eigenvalue weighted by Gasteiger charge is 2.37. The summed E-state index contributed by atoms with van der Waals surface area (Å²) in [4.78, 5) is 41.8. The summed E-state index contributed by atoms with van der Waals surface area (Å²) in [6.07, 6.45) is 0.0989. The Bertz CT molecular complexity index is 1100. The van der Waals surface area contributed by atoms with Gasteiger partial charge in [-0.05, 0) is 76.8 Å². The fourth-order valence-electron chi connectivity index (χ4n) is 4.04. The van der Waals surface area contributed by atoms with Crippen LogP contribution in [0.2, 0.25) is 0 Å². The first-order valence-electron chi connectivity index (χ1n) is 13.2. The van der Waals surface area contributed by atoms with Crippen molar-refractivity contribution in [1.29, 1.82) is 0 Å². The molecular weight excluding hydrogens is 498 g/mol. The van der Waals surface area contributed by atoms with Crippen LogP contribution in [0.25, 0.3) is 0 Å². The number of aliphatic hydroxyl groups is 1. The minimum Gasteiger partial charge on any atom is -0.508 e. The molecule has 0 saturated carbocycles. The third-order valence-corrected chi connectivity index (χ3v) is 5.75. The highest BCUT2D eigenvalue weighted by Crippen LogP contribution is 2.25. The van der Waals surface area contributed by atoms with E-state index in [1.807, 2.05) is 39.8 Å². The molecule has 2 unspecified atom stereocenters. The zero-order valence-corrected chi connectivity index (χ0v) is 24.1. The fourth-order valence-corrected chi connectivity index (χ4v) is 4.04. The van der Waals surface area contributed by atoms with Gasteiger partial charge in [0.05, 0.1) is 6.61 Å². The maximum Gasteiger partial charge on any atom is 0.408 e. The number of carbonyl (C=O) groups excluding carboxylic acids is 3. The number of nitrogens with zero attached hydrogens (tertiary/aromatic N) is 1. The Balaban J connectivity index is 2.54. The minimum atomic E-state index is -1.12. The van der Waals surface area contributed by atoms with Gasteiger partial charge in [0.25, 0.3) is 0 Å². The van der Waals surface area contributed by atoms with E-state index >= 15 is 0 Å². The van der Waals surface area contributed by atoms with E-state index in [2.05, 4.69) is 10.6 Å². The fraction of sp³-hybridized carbons (Fsp3) is 0.500. The molecule has 0 aromatic heterocycles. The van der Waals surface area contributed by atoms with Gasteiger partial charge in [-0.25, -0.2) is 4.79 Å². The Hall–Kier alpha value is -3.59. The number of aliphatic hydroxyl groups excluding tert-OH is 1. The summed E-state index contributed by atoms with van der Waals surface area (Å²) in [5, 5.41) is 25.2. The topological polar surface area (TPSA) is 128 Å². The van der Waals surface area contributed by atoms with E-state index in [0.717, 1.165) is 12.0 Å². The Kier molecular flexibility index (Phi) is 10.9. The van der Waals surface area contributed by atoms with Crippen LogP contribution in [0, 0.1) is 0 Å². The summed E-state index contributed by atoms with van der Waals surface area (Å²) in [6, 6.07) is 11.5. The molecule has 0 radical (unpaired) electrons. The number of hydrogen-bond acceptors (Lipinski definition) is 6. The summed E-state index contributed by atoms with van der Waals surface area (Å²) in [5.41, 5.74) is 0.959. The van der Waals surface area contributed by atoms with E-state index in [1.54, 1.807) is 45.0 Å². The van der Waals surface area contributed by atoms with Gasteiger partial charge in [0.15, 0.2) is 0 Å². The number of ether oxygens (including phenoxy) is 1. The van der Waals surface area contributed by atoms with Crippen LogP contribution in [0.5, 0.6) is 5.75 Å². The summed E-state index contributed by atoms with van der Waals surface area (Å²) in [5.74, 6) is -0.899. The zero-order valence-electron chi connectivity index (χ0n) is 24.1. The molecule has 0 spiro atoms. The maximum atomic E-state index is 14.1. The molecule has 2 aromatic carbocycles. The Labute approximate surface area is 231 Å². The first-order chi connectivity index (χ1) is 18.1. The normalized spacial score (nSPS) is 13.2. The van der Waals surface area contributed by atoms with Crippen LogP contribution in [-0.2, 0) is 27.2 Å². The number of carbonyl (C=O) groups is 3. The molecule has 0 heterocycles. The van der Waals surface area contributed by atoms with Crippen molar-refractivity contribution in [3.8, 4) is 5.75 Å². The van der Waals surface area contributed by atoms with E-state index in [0.29, 0.717) is 11.1 Å². The third-order valence-electron chi connectivity index (χ3n) is 5.75. The number of amides is 3. The summed E-state index contributed by atoms with van der Waals surface area (Å²) in [6.45, 7) is 12.2. The lowest BCUT2D eigenvalue weighted by atomic mass is 9.98. The van der Waals surface area contributed by atoms with Gasteiger partial charge in [-0.3, -0.25) is 9.59 Å². The summed E-state index contributed by atoms with van der Waals surface area (Å²) < 4.78 is 5.41. The van der Waals surface area contributed by atoms with Crippen molar-refractivity contribution in [1.82, 2.24) is 15.5 Å². The quantitative estimate of drug-likeness (QED) is 0.362. The first kappa shape index (κ1) is 31.6. The Morgan fingerprint density at radius 3 is 1.97 bits per heavy atom. The Morgan fingerprint density at radius 2 is 1.49 bits per heavy atom. The summed E-state index contributed by atoms with van der Waals surface area (Å²) >= 11 is 0. The minimum absolute atomic E-state index is 0.0677. The van der Waals surface area contributed by atoms with Crippen LogP contribution in [0.15, 0.2) is 48.5 Å². The van der Waals surface area contributed by atoms with Crippen molar-refractivity contribution in [2.45, 2.75) is 84.5 Å². The largest absolute Gasteiger partial charge is 0.508 e. The lowest BCUT2D eigenvalue weighted by Gasteiger charge is -2.35. The van der Waals surface area contributed by atoms with E-state index < -0.39 is 47.7 Å². The molecule has 3 amide bonds. The standard InChI is InChI=1S/C30H43N3O6/c1-8-20-9-13-22(14-10-20)25(26(36)32-29(2,3)4)33(17-18-34)27(37)24(31-28(38)39-30(5,6)7)19-21-11-15-23(35)16-12-21/h9-16,24-25,34-35H,8,17-19H2,1-7H3,(H,31,38)(H,32,36). The average Bonchev–Trinajstić information content (AvgIpc) is 2.82. The van der Waals surface area contributed by atoms with Crippen LogP contribution < -0.4 is 10.6 Å². The van der Waals surface area contributed by atoms with E-state index in [-0.39, 0.29) is 18.7 Å². The molecule has 2 rings (SSSR count). The molecule has 4 N–H and O–H groups in total. The number of phenolic OH excluding ortho intramolecular Hbond substituents is 1. The highest BCUT2D eigenvalue weighted by molar-refractivity contribution is 5.92. The number of alkyl carbamates (subject to hydrolysis) is 1. The number of aromatic hydroxyl groups is 1. The SMILES string of the molecule is CCc1ccc(C(C(=O)NC(C)(C)C)N(CCO)C(=O)C(Cc2ccc(O)cc2)NC(=O)OC(C)(C)C)cc1. The van der Waals surface area contributed by atoms with Gasteiger partial charge in [0, 0.05) is 18.5 Å². The lowest BCUT2D eigenvalue weighted by Crippen LogP contribution is -2.55. The second-order valence-corrected chi connectivity index (χ2v) is 11.6. The maximum absolute atomic E-state index is 14.1. The Morgan fingerprint density at radius 1 is 0.923 bits per heavy atom. The molecule has 0 fully saturated rings. The highest BCUT2D eigenvalue weighted by atomic mass is 16.6. The number of aryl methyl sites for hydroxylation is 1. The summed E-state index contributed by atoms with van der Waals surface area (Å²) in [7, 11) is 0. The van der Waals surface area contributed by atoms with Crippen LogP contribution in [0.4, 0.5) is 4.79 Å². The van der Waals surface area contributed by atoms with Gasteiger partial charge < -0.3 is 30.5 Å². The molecule has 2 aromatic rings. The molecule has 0 saturated heterocycles. The van der Waals surface area contributed by atoms with Crippen molar-refractivity contribution in [2.75, 3.05) is 13.2 Å². The number of rotatable bonds is 10. The predicted molar refractivity (Wildman–Crippen MR) is 150 cm³/mol. The molecule has 0 aliphatic carbocycles. The van der Waals surface area contributed by atoms with Crippen LogP contribution >= 0.6 is 0 Å². The number of benzene rings is 2. The van der Waals surface area contributed by atoms with E-state index in [9.17, 15) is 24.6 Å². The van der Waals surface area contributed by atoms with E-state index in [1.165, 1.54) is 17.0 Å². The van der Waals surface area contributed by atoms with Gasteiger partial charge in [0.1, 0.15) is 23.4 Å². The van der Waals surface area contributed by atoms with Crippen molar-refractivity contribution < 1.29 is 29.3 Å².